The van der Waals surface area contributed by atoms with E-state index in [-0.39, 0.29) is 33.7 Å². The smallest absolute Gasteiger partial charge is 0.143 e. The summed E-state index contributed by atoms with van der Waals surface area (Å²) in [6, 6.07) is 113. The van der Waals surface area contributed by atoms with E-state index in [2.05, 4.69) is 397 Å². The molecular weight excluding hydrogens is 1760 g/mol. The van der Waals surface area contributed by atoms with Crippen molar-refractivity contribution in [1.29, 1.82) is 0 Å². The van der Waals surface area contributed by atoms with Crippen LogP contribution >= 0.6 is 0 Å². The second-order valence-corrected chi connectivity index (χ2v) is 47.0. The van der Waals surface area contributed by atoms with Gasteiger partial charge < -0.3 is 14.1 Å². The summed E-state index contributed by atoms with van der Waals surface area (Å²) in [5.74, 6) is 1.06. The van der Waals surface area contributed by atoms with Gasteiger partial charge >= 0.3 is 0 Å². The van der Waals surface area contributed by atoms with Gasteiger partial charge in [-0.2, -0.15) is 0 Å². The summed E-state index contributed by atoms with van der Waals surface area (Å²) < 4.78 is 14.8. The molecule has 146 heavy (non-hydrogen) atoms. The summed E-state index contributed by atoms with van der Waals surface area (Å²) >= 11 is 0. The number of anilines is 3. The highest BCUT2D eigenvalue weighted by Gasteiger charge is 2.50. The summed E-state index contributed by atoms with van der Waals surface area (Å²) in [5, 5.41) is 2.33. The van der Waals surface area contributed by atoms with E-state index in [0.29, 0.717) is 0 Å². The van der Waals surface area contributed by atoms with E-state index in [1.165, 1.54) is 358 Å². The molecule has 3 heteroatoms. The molecule has 0 N–H and O–H groups in total. The van der Waals surface area contributed by atoms with Gasteiger partial charge in [0.2, 0.25) is 0 Å². The molecular formula is C143H147NO2. The fourth-order valence-electron chi connectivity index (χ4n) is 28.9. The first-order valence-electron chi connectivity index (χ1n) is 56.8. The molecule has 2 heterocycles. The molecule has 0 amide bonds. The van der Waals surface area contributed by atoms with E-state index in [4.69, 9.17) is 9.15 Å². The van der Waals surface area contributed by atoms with Crippen molar-refractivity contribution in [3.63, 3.8) is 0 Å². The second kappa shape index (κ2) is 38.5. The van der Waals surface area contributed by atoms with Gasteiger partial charge in [0.15, 0.2) is 0 Å². The highest BCUT2D eigenvalue weighted by atomic mass is 16.5. The Balaban J connectivity index is 0.562. The fraction of sp³-hybridized carbons (Fsp3) is 0.343. The monoisotopic (exact) mass is 1910 g/mol. The minimum atomic E-state index is -0.437. The lowest BCUT2D eigenvalue weighted by atomic mass is 9.70. The van der Waals surface area contributed by atoms with Gasteiger partial charge in [-0.1, -0.05) is 462 Å². The predicted octanol–water partition coefficient (Wildman–Crippen LogP) is 41.5. The molecule has 0 saturated heterocycles. The second-order valence-electron chi connectivity index (χ2n) is 47.0. The van der Waals surface area contributed by atoms with Crippen LogP contribution in [0.2, 0.25) is 0 Å². The zero-order valence-electron chi connectivity index (χ0n) is 88.9. The third-order valence-electron chi connectivity index (χ3n) is 36.9. The number of rotatable bonds is 37. The Kier molecular flexibility index (Phi) is 25.1. The van der Waals surface area contributed by atoms with Crippen LogP contribution in [0.3, 0.4) is 0 Å². The first-order valence-corrected chi connectivity index (χ1v) is 56.8. The van der Waals surface area contributed by atoms with Gasteiger partial charge in [0, 0.05) is 82.8 Å². The Morgan fingerprint density at radius 3 is 1.09 bits per heavy atom. The maximum Gasteiger partial charge on any atom is 0.143 e. The number of unbranched alkanes of at least 4 members (excludes halogenated alkanes) is 21. The van der Waals surface area contributed by atoms with E-state index < -0.39 is 10.8 Å². The quantitative estimate of drug-likeness (QED) is 0.0363. The molecule has 3 unspecified atom stereocenters. The molecule has 8 aliphatic rings. The van der Waals surface area contributed by atoms with Crippen LogP contribution in [0.25, 0.3) is 144 Å². The van der Waals surface area contributed by atoms with Gasteiger partial charge in [-0.15, -0.1) is 0 Å². The first-order chi connectivity index (χ1) is 71.3. The Bertz CT molecular complexity index is 7820. The van der Waals surface area contributed by atoms with Crippen LogP contribution in [0, 0.1) is 0 Å². The average Bonchev–Trinajstić information content (AvgIpc) is 1.55. The SMILES string of the molecule is CCCCCCCCCC1(CCCCCCCC)c2ccccc2-c2ccc(-c3ccc4c(c3)C(C)(C)c3cc(-c5cc6c(c7c5OC5C=CC=CC75)-c5ccc(N(c7ccc8c(c7)C(C)(C)c7cc(-c9ccc%10c(c9)C(C)(C)c9cc(-c%11ccc%12c(c%11)C(CCCCCCCC)(CCCCCCCC)c%11ccccc%11-%12)ccc9-%10)c9oc%10ccccc%10c9c7-8)c7ccccc7-c7ccccc7)cc5C6(C)C)ccc3-4)cc21. The molecule has 16 aromatic rings. The molecule has 0 saturated carbocycles. The largest absolute Gasteiger partial charge is 0.484 e. The van der Waals surface area contributed by atoms with Crippen molar-refractivity contribution in [2.45, 2.75) is 314 Å². The van der Waals surface area contributed by atoms with Gasteiger partial charge in [0.05, 0.1) is 5.69 Å². The van der Waals surface area contributed by atoms with Gasteiger partial charge in [-0.25, -0.2) is 0 Å². The van der Waals surface area contributed by atoms with E-state index in [1.807, 2.05) is 0 Å². The highest BCUT2D eigenvalue weighted by molar-refractivity contribution is 6.19. The highest BCUT2D eigenvalue weighted by Crippen LogP contribution is 2.66. The zero-order chi connectivity index (χ0) is 99.5. The zero-order valence-corrected chi connectivity index (χ0v) is 88.9. The molecule has 736 valence electrons. The number of allylic oxidation sites excluding steroid dienone is 2. The van der Waals surface area contributed by atoms with Crippen molar-refractivity contribution < 1.29 is 9.15 Å². The lowest BCUT2D eigenvalue weighted by Crippen LogP contribution is -2.25. The van der Waals surface area contributed by atoms with Gasteiger partial charge in [-0.3, -0.25) is 0 Å². The molecule has 0 fully saturated rings. The molecule has 24 rings (SSSR count). The molecule has 1 aromatic heterocycles. The third-order valence-corrected chi connectivity index (χ3v) is 36.9. The molecule has 0 spiro atoms. The van der Waals surface area contributed by atoms with Crippen molar-refractivity contribution >= 4 is 39.0 Å². The summed E-state index contributed by atoms with van der Waals surface area (Å²) in [5.41, 5.74) is 50.7. The minimum Gasteiger partial charge on any atom is -0.484 e. The topological polar surface area (TPSA) is 25.6 Å². The van der Waals surface area contributed by atoms with Gasteiger partial charge in [0.25, 0.3) is 0 Å². The first kappa shape index (κ1) is 95.4. The van der Waals surface area contributed by atoms with Crippen molar-refractivity contribution in [3.05, 3.63) is 382 Å². The number of para-hydroxylation sites is 2. The van der Waals surface area contributed by atoms with E-state index in [0.717, 1.165) is 44.9 Å². The number of ether oxygens (including phenoxy) is 1. The Hall–Kier alpha value is -12.8. The molecule has 7 aliphatic carbocycles. The number of hydrogen-bond acceptors (Lipinski definition) is 3. The molecule has 0 radical (unpaired) electrons. The van der Waals surface area contributed by atoms with Crippen LogP contribution < -0.4 is 9.64 Å². The van der Waals surface area contributed by atoms with Crippen LogP contribution in [-0.4, -0.2) is 6.10 Å². The number of nitrogens with zero attached hydrogens (tertiary/aromatic N) is 1. The number of benzene rings is 15. The Labute approximate surface area is 870 Å². The van der Waals surface area contributed by atoms with Gasteiger partial charge in [0.1, 0.15) is 23.0 Å². The number of furan rings is 1. The van der Waals surface area contributed by atoms with Crippen LogP contribution in [0.15, 0.2) is 314 Å². The van der Waals surface area contributed by atoms with Gasteiger partial charge in [-0.05, 0) is 289 Å². The van der Waals surface area contributed by atoms with E-state index in [9.17, 15) is 0 Å². The van der Waals surface area contributed by atoms with Crippen LogP contribution in [0.1, 0.15) is 348 Å². The fourth-order valence-corrected chi connectivity index (χ4v) is 28.9. The maximum atomic E-state index is 7.48. The summed E-state index contributed by atoms with van der Waals surface area (Å²) in [7, 11) is 0. The maximum absolute atomic E-state index is 7.48. The molecule has 0 bridgehead atoms. The predicted molar refractivity (Wildman–Crippen MR) is 620 cm³/mol. The van der Waals surface area contributed by atoms with Crippen LogP contribution in [0.4, 0.5) is 17.1 Å². The summed E-state index contributed by atoms with van der Waals surface area (Å²) in [4.78, 5) is 2.58. The average molecular weight is 1910 g/mol. The van der Waals surface area contributed by atoms with E-state index in [1.54, 1.807) is 22.3 Å². The Morgan fingerprint density at radius 1 is 0.253 bits per heavy atom. The molecule has 1 aliphatic heterocycles. The molecule has 3 atom stereocenters. The Morgan fingerprint density at radius 2 is 0.603 bits per heavy atom. The number of fused-ring (bicyclic) bond motifs is 26. The standard InChI is InChI=1S/C143H147NO2/c1-13-17-21-25-29-33-50-82-143(81-49-32-28-24-20-16-4)118-59-43-38-55-104(118)110-74-66-97(86-126(110)143)95-64-72-106-108-76-68-99(88-122(108)139(7,8)120(106)84-95)116-92-128-133(135-114-57-41-46-62-131(114)146-137(116)135)112-78-70-101(90-124(112)141(128,11)12)144(129-60-44-39-53-102(129)93-51-35-34-36-52-93)100-69-77-111-123(89-100)140(9,10)127-91-115(136-134(132(111)127)113-56-40-45-61-130(113)145-136)98-67-75-107-105-71-63-94(83-119(105)138(5,6)121(107)87-98)96-65-73-109-103-54-37-42-58-117(103)142(125(109)85-96,79-47-30-26-22-18-14-2)80-48-31-27-23-19-15-3/h34-46,51-78,83-92,114,131H,13-33,47-50,79-82H2,1-12H3. The molecule has 3 nitrogen and oxygen atoms in total. The van der Waals surface area contributed by atoms with Crippen molar-refractivity contribution in [1.82, 2.24) is 0 Å². The van der Waals surface area contributed by atoms with Crippen LogP contribution in [0.5, 0.6) is 5.75 Å². The summed E-state index contributed by atoms with van der Waals surface area (Å²) in [6.07, 6.45) is 46.8. The minimum absolute atomic E-state index is 0.0141. The van der Waals surface area contributed by atoms with Crippen molar-refractivity contribution in [3.8, 4) is 128 Å². The van der Waals surface area contributed by atoms with E-state index >= 15 is 0 Å². The van der Waals surface area contributed by atoms with Crippen molar-refractivity contribution in [2.75, 3.05) is 4.90 Å². The lowest BCUT2D eigenvalue weighted by molar-refractivity contribution is 0.270. The lowest BCUT2D eigenvalue weighted by Gasteiger charge is -2.33. The number of hydrogen-bond donors (Lipinski definition) is 0. The van der Waals surface area contributed by atoms with Crippen LogP contribution in [-0.2, 0) is 32.5 Å². The third kappa shape index (κ3) is 15.8. The summed E-state index contributed by atoms with van der Waals surface area (Å²) in [6.45, 7) is 29.2. The van der Waals surface area contributed by atoms with Crippen molar-refractivity contribution in [2.24, 2.45) is 0 Å². The normalized spacial score (nSPS) is 17.3. The molecule has 15 aromatic carbocycles.